The average Bonchev–Trinajstić information content (AvgIpc) is 2.56. The van der Waals surface area contributed by atoms with Crippen molar-refractivity contribution in [1.82, 2.24) is 9.97 Å². The maximum Gasteiger partial charge on any atom is 0.200 e. The molecule has 1 unspecified atom stereocenters. The van der Waals surface area contributed by atoms with Gasteiger partial charge in [0.1, 0.15) is 5.69 Å². The van der Waals surface area contributed by atoms with E-state index in [0.29, 0.717) is 11.0 Å². The Hall–Kier alpha value is -2.20. The van der Waals surface area contributed by atoms with Crippen LogP contribution in [-0.4, -0.2) is 18.4 Å². The number of fused-ring (bicyclic) bond motifs is 1. The molecule has 0 saturated carbocycles. The van der Waals surface area contributed by atoms with E-state index in [-0.39, 0.29) is 20.8 Å². The van der Waals surface area contributed by atoms with Crippen molar-refractivity contribution in [2.75, 3.05) is 0 Å². The Kier molecular flexibility index (Phi) is 4.41. The molecule has 0 saturated heterocycles. The molecule has 1 atom stereocenters. The van der Waals surface area contributed by atoms with Gasteiger partial charge in [-0.15, -0.1) is 0 Å². The van der Waals surface area contributed by atoms with Gasteiger partial charge in [0.05, 0.1) is 22.0 Å². The molecule has 24 heavy (non-hydrogen) atoms. The second-order valence-corrected chi connectivity index (χ2v) is 7.73. The van der Waals surface area contributed by atoms with Gasteiger partial charge in [-0.1, -0.05) is 41.4 Å². The van der Waals surface area contributed by atoms with Crippen LogP contribution in [0.5, 0.6) is 0 Å². The smallest absolute Gasteiger partial charge is 0.200 e. The van der Waals surface area contributed by atoms with Gasteiger partial charge in [-0.25, -0.2) is 18.4 Å². The fourth-order valence-corrected chi connectivity index (χ4v) is 4.21. The van der Waals surface area contributed by atoms with Crippen LogP contribution in [0.1, 0.15) is 10.9 Å². The molecule has 1 heterocycles. The molecule has 0 radical (unpaired) electrons. The maximum absolute atomic E-state index is 12.8. The zero-order valence-electron chi connectivity index (χ0n) is 12.0. The van der Waals surface area contributed by atoms with Gasteiger partial charge in [-0.05, 0) is 30.3 Å². The number of hydrogen-bond donors (Lipinski definition) is 0. The van der Waals surface area contributed by atoms with E-state index in [9.17, 15) is 13.7 Å². The minimum atomic E-state index is -4.05. The van der Waals surface area contributed by atoms with Gasteiger partial charge in [0.15, 0.2) is 10.4 Å². The van der Waals surface area contributed by atoms with Crippen molar-refractivity contribution >= 4 is 44.1 Å². The zero-order valence-corrected chi connectivity index (χ0v) is 14.3. The van der Waals surface area contributed by atoms with E-state index >= 15 is 0 Å². The molecule has 3 aromatic rings. The number of halogens is 2. The predicted octanol–water partition coefficient (Wildman–Crippen LogP) is 3.98. The standard InChI is InChI=1S/C16H9Cl2N3O2S/c17-10-4-3-5-11(8-10)24(22,23)14(9-19)15-16(18)21-13-7-2-1-6-12(13)20-15/h1-8,14H. The third-order valence-electron chi connectivity index (χ3n) is 3.35. The van der Waals surface area contributed by atoms with E-state index in [0.717, 1.165) is 0 Å². The first kappa shape index (κ1) is 16.7. The summed E-state index contributed by atoms with van der Waals surface area (Å²) in [6.45, 7) is 0. The van der Waals surface area contributed by atoms with Crippen molar-refractivity contribution in [2.24, 2.45) is 0 Å². The lowest BCUT2D eigenvalue weighted by molar-refractivity contribution is 0.590. The topological polar surface area (TPSA) is 83.7 Å². The SMILES string of the molecule is N#CC(c1nc2ccccc2nc1Cl)S(=O)(=O)c1cccc(Cl)c1. The Morgan fingerprint density at radius 1 is 1.00 bits per heavy atom. The summed E-state index contributed by atoms with van der Waals surface area (Å²) in [6, 6.07) is 14.3. The molecule has 1 aromatic heterocycles. The van der Waals surface area contributed by atoms with Crippen LogP contribution < -0.4 is 0 Å². The predicted molar refractivity (Wildman–Crippen MR) is 91.5 cm³/mol. The van der Waals surface area contributed by atoms with Crippen LogP contribution in [0.2, 0.25) is 10.2 Å². The lowest BCUT2D eigenvalue weighted by Gasteiger charge is -2.12. The highest BCUT2D eigenvalue weighted by molar-refractivity contribution is 7.92. The fraction of sp³-hybridized carbons (Fsp3) is 0.0625. The third-order valence-corrected chi connectivity index (χ3v) is 5.73. The molecular formula is C16H9Cl2N3O2S. The minimum Gasteiger partial charge on any atom is -0.245 e. The second kappa shape index (κ2) is 6.36. The fourth-order valence-electron chi connectivity index (χ4n) is 2.22. The first-order chi connectivity index (χ1) is 11.4. The monoisotopic (exact) mass is 377 g/mol. The Morgan fingerprint density at radius 2 is 1.67 bits per heavy atom. The Balaban J connectivity index is 2.19. The van der Waals surface area contributed by atoms with Gasteiger partial charge in [0.25, 0.3) is 0 Å². The largest absolute Gasteiger partial charge is 0.245 e. The highest BCUT2D eigenvalue weighted by Gasteiger charge is 2.33. The summed E-state index contributed by atoms with van der Waals surface area (Å²) < 4.78 is 25.6. The van der Waals surface area contributed by atoms with Crippen molar-refractivity contribution in [1.29, 1.82) is 5.26 Å². The summed E-state index contributed by atoms with van der Waals surface area (Å²) in [5.74, 6) is 0. The molecule has 0 fully saturated rings. The molecule has 0 spiro atoms. The van der Waals surface area contributed by atoms with Crippen molar-refractivity contribution in [3.63, 3.8) is 0 Å². The zero-order chi connectivity index (χ0) is 17.3. The quantitative estimate of drug-likeness (QED) is 0.689. The molecule has 5 nitrogen and oxygen atoms in total. The van der Waals surface area contributed by atoms with E-state index in [2.05, 4.69) is 9.97 Å². The van der Waals surface area contributed by atoms with Crippen molar-refractivity contribution in [3.8, 4) is 6.07 Å². The van der Waals surface area contributed by atoms with E-state index in [1.54, 1.807) is 36.4 Å². The lowest BCUT2D eigenvalue weighted by atomic mass is 10.2. The molecule has 0 aliphatic heterocycles. The number of para-hydroxylation sites is 2. The van der Waals surface area contributed by atoms with Crippen LogP contribution in [-0.2, 0) is 9.84 Å². The summed E-state index contributed by atoms with van der Waals surface area (Å²) in [7, 11) is -4.05. The third kappa shape index (κ3) is 2.94. The molecule has 0 aliphatic carbocycles. The van der Waals surface area contributed by atoms with Crippen LogP contribution in [0.25, 0.3) is 11.0 Å². The van der Waals surface area contributed by atoms with Crippen LogP contribution in [0.4, 0.5) is 0 Å². The first-order valence-electron chi connectivity index (χ1n) is 6.75. The molecular weight excluding hydrogens is 369 g/mol. The summed E-state index contributed by atoms with van der Waals surface area (Å²) in [5.41, 5.74) is 0.874. The molecule has 0 N–H and O–H groups in total. The minimum absolute atomic E-state index is 0.0763. The number of aromatic nitrogens is 2. The van der Waals surface area contributed by atoms with Gasteiger partial charge >= 0.3 is 0 Å². The van der Waals surface area contributed by atoms with Crippen LogP contribution in [0.3, 0.4) is 0 Å². The number of benzene rings is 2. The van der Waals surface area contributed by atoms with Crippen molar-refractivity contribution in [2.45, 2.75) is 10.1 Å². The maximum atomic E-state index is 12.8. The molecule has 120 valence electrons. The Morgan fingerprint density at radius 3 is 2.29 bits per heavy atom. The van der Waals surface area contributed by atoms with E-state index in [1.807, 2.05) is 0 Å². The molecule has 0 amide bonds. The molecule has 0 aliphatic rings. The number of sulfone groups is 1. The van der Waals surface area contributed by atoms with Crippen LogP contribution in [0, 0.1) is 11.3 Å². The lowest BCUT2D eigenvalue weighted by Crippen LogP contribution is -2.15. The van der Waals surface area contributed by atoms with Crippen LogP contribution in [0.15, 0.2) is 53.4 Å². The number of rotatable bonds is 3. The molecule has 3 rings (SSSR count). The van der Waals surface area contributed by atoms with E-state index in [1.165, 1.54) is 18.2 Å². The Bertz CT molecular complexity index is 1080. The molecule has 8 heteroatoms. The van der Waals surface area contributed by atoms with E-state index < -0.39 is 15.1 Å². The first-order valence-corrected chi connectivity index (χ1v) is 9.05. The summed E-state index contributed by atoms with van der Waals surface area (Å²) in [6.07, 6.45) is 0. The normalized spacial score (nSPS) is 12.7. The van der Waals surface area contributed by atoms with E-state index in [4.69, 9.17) is 23.2 Å². The van der Waals surface area contributed by atoms with Gasteiger partial charge < -0.3 is 0 Å². The number of nitriles is 1. The molecule has 2 aromatic carbocycles. The average molecular weight is 378 g/mol. The van der Waals surface area contributed by atoms with Gasteiger partial charge in [-0.2, -0.15) is 5.26 Å². The Labute approximate surface area is 148 Å². The summed E-state index contributed by atoms with van der Waals surface area (Å²) in [5, 5.41) is 8.00. The van der Waals surface area contributed by atoms with Crippen LogP contribution >= 0.6 is 23.2 Å². The number of hydrogen-bond acceptors (Lipinski definition) is 5. The summed E-state index contributed by atoms with van der Waals surface area (Å²) >= 11 is 11.9. The highest BCUT2D eigenvalue weighted by Crippen LogP contribution is 2.32. The molecule has 0 bridgehead atoms. The number of nitrogens with zero attached hydrogens (tertiary/aromatic N) is 3. The highest BCUT2D eigenvalue weighted by atomic mass is 35.5. The van der Waals surface area contributed by atoms with Crippen molar-refractivity contribution in [3.05, 3.63) is 64.4 Å². The van der Waals surface area contributed by atoms with Gasteiger partial charge in [0, 0.05) is 5.02 Å². The second-order valence-electron chi connectivity index (χ2n) is 4.90. The van der Waals surface area contributed by atoms with Crippen molar-refractivity contribution < 1.29 is 8.42 Å². The van der Waals surface area contributed by atoms with Gasteiger partial charge in [-0.3, -0.25) is 0 Å². The van der Waals surface area contributed by atoms with Gasteiger partial charge in [0.2, 0.25) is 9.84 Å². The summed E-state index contributed by atoms with van der Waals surface area (Å²) in [4.78, 5) is 8.29.